The van der Waals surface area contributed by atoms with Gasteiger partial charge in [0.1, 0.15) is 23.2 Å². The van der Waals surface area contributed by atoms with E-state index >= 15 is 0 Å². The fourth-order valence-electron chi connectivity index (χ4n) is 2.86. The second-order valence-electron chi connectivity index (χ2n) is 5.70. The predicted molar refractivity (Wildman–Crippen MR) is 108 cm³/mol. The largest absolute Gasteiger partial charge is 0.484 e. The van der Waals surface area contributed by atoms with Crippen molar-refractivity contribution in [2.45, 2.75) is 0 Å². The van der Waals surface area contributed by atoms with Crippen molar-refractivity contribution < 1.29 is 9.53 Å². The minimum absolute atomic E-state index is 0.0689. The smallest absolute Gasteiger partial charge is 0.214 e. The zero-order chi connectivity index (χ0) is 18.8. The monoisotopic (exact) mass is 475 g/mol. The molecule has 0 radical (unpaired) electrons. The Labute approximate surface area is 168 Å². The molecule has 0 unspecified atom stereocenters. The van der Waals surface area contributed by atoms with Gasteiger partial charge in [-0.15, -0.1) is 0 Å². The standard InChI is InChI=1S/C19H15Br2N3O2/c1-23-15-5-3-4-6-16(15)24(2)19(23)13(10-22)17(25)11-26-18-8-7-12(20)9-14(18)21/h3-9H,11H2,1-2H3. The Morgan fingerprint density at radius 2 is 1.73 bits per heavy atom. The zero-order valence-electron chi connectivity index (χ0n) is 14.2. The van der Waals surface area contributed by atoms with Crippen molar-refractivity contribution >= 4 is 49.0 Å². The van der Waals surface area contributed by atoms with Gasteiger partial charge < -0.3 is 14.5 Å². The van der Waals surface area contributed by atoms with E-state index < -0.39 is 0 Å². The summed E-state index contributed by atoms with van der Waals surface area (Å²) in [7, 11) is 3.68. The van der Waals surface area contributed by atoms with Gasteiger partial charge in [-0.1, -0.05) is 28.1 Å². The molecule has 132 valence electrons. The number of halogens is 2. The van der Waals surface area contributed by atoms with Crippen LogP contribution in [0.5, 0.6) is 5.75 Å². The number of benzene rings is 2. The van der Waals surface area contributed by atoms with Gasteiger partial charge in [0.2, 0.25) is 5.78 Å². The molecule has 0 aliphatic carbocycles. The maximum Gasteiger partial charge on any atom is 0.214 e. The van der Waals surface area contributed by atoms with E-state index in [2.05, 4.69) is 31.9 Å². The number of nitrogens with zero attached hydrogens (tertiary/aromatic N) is 3. The van der Waals surface area contributed by atoms with Crippen LogP contribution in [0.4, 0.5) is 11.4 Å². The quantitative estimate of drug-likeness (QED) is 0.481. The van der Waals surface area contributed by atoms with E-state index in [1.807, 2.05) is 66.4 Å². The Morgan fingerprint density at radius 3 is 2.27 bits per heavy atom. The number of para-hydroxylation sites is 2. The molecule has 0 N–H and O–H groups in total. The minimum atomic E-state index is -0.371. The van der Waals surface area contributed by atoms with Crippen LogP contribution in [0.15, 0.2) is 62.8 Å². The van der Waals surface area contributed by atoms with Gasteiger partial charge >= 0.3 is 0 Å². The molecule has 7 heteroatoms. The number of carbonyl (C=O) groups is 1. The van der Waals surface area contributed by atoms with Crippen LogP contribution in [0.3, 0.4) is 0 Å². The van der Waals surface area contributed by atoms with Crippen molar-refractivity contribution in [1.29, 1.82) is 5.26 Å². The number of ether oxygens (including phenoxy) is 1. The predicted octanol–water partition coefficient (Wildman–Crippen LogP) is 4.48. The van der Waals surface area contributed by atoms with Gasteiger partial charge in [-0.2, -0.15) is 5.26 Å². The Bertz CT molecular complexity index is 919. The molecule has 3 rings (SSSR count). The van der Waals surface area contributed by atoms with E-state index in [9.17, 15) is 10.1 Å². The van der Waals surface area contributed by atoms with E-state index in [-0.39, 0.29) is 18.0 Å². The molecule has 1 aliphatic heterocycles. The van der Waals surface area contributed by atoms with Gasteiger partial charge in [-0.3, -0.25) is 4.79 Å². The number of anilines is 2. The third-order valence-electron chi connectivity index (χ3n) is 4.11. The number of nitriles is 1. The van der Waals surface area contributed by atoms with Crippen molar-refractivity contribution in [3.05, 3.63) is 62.8 Å². The summed E-state index contributed by atoms with van der Waals surface area (Å²) in [6, 6.07) is 15.2. The first-order valence-corrected chi connectivity index (χ1v) is 9.34. The Hall–Kier alpha value is -2.30. The maximum atomic E-state index is 12.7. The van der Waals surface area contributed by atoms with Gasteiger partial charge in [-0.05, 0) is 46.3 Å². The fraction of sp³-hybridized carbons (Fsp3) is 0.158. The minimum Gasteiger partial charge on any atom is -0.484 e. The molecule has 0 fully saturated rings. The van der Waals surface area contributed by atoms with Crippen molar-refractivity contribution in [1.82, 2.24) is 0 Å². The molecule has 2 aromatic carbocycles. The first kappa shape index (κ1) is 18.5. The highest BCUT2D eigenvalue weighted by Crippen LogP contribution is 2.40. The summed E-state index contributed by atoms with van der Waals surface area (Å²) in [5.74, 6) is 0.723. The van der Waals surface area contributed by atoms with E-state index in [0.717, 1.165) is 20.3 Å². The number of rotatable bonds is 4. The van der Waals surface area contributed by atoms with Crippen LogP contribution < -0.4 is 14.5 Å². The van der Waals surface area contributed by atoms with Crippen LogP contribution in [-0.4, -0.2) is 26.5 Å². The molecule has 0 bridgehead atoms. The molecule has 1 aliphatic rings. The molecule has 0 aromatic heterocycles. The summed E-state index contributed by atoms with van der Waals surface area (Å²) >= 11 is 6.77. The fourth-order valence-corrected chi connectivity index (χ4v) is 4.03. The van der Waals surface area contributed by atoms with Crippen LogP contribution in [0.1, 0.15) is 0 Å². The summed E-state index contributed by atoms with van der Waals surface area (Å²) in [6.07, 6.45) is 0. The summed E-state index contributed by atoms with van der Waals surface area (Å²) < 4.78 is 7.23. The molecule has 0 atom stereocenters. The second kappa shape index (κ2) is 7.52. The lowest BCUT2D eigenvalue weighted by atomic mass is 10.2. The van der Waals surface area contributed by atoms with Crippen LogP contribution >= 0.6 is 31.9 Å². The molecular weight excluding hydrogens is 462 g/mol. The number of hydrogen-bond acceptors (Lipinski definition) is 5. The molecule has 0 saturated carbocycles. The molecule has 0 amide bonds. The summed E-state index contributed by atoms with van der Waals surface area (Å²) in [6.45, 7) is -0.218. The van der Waals surface area contributed by atoms with E-state index in [1.165, 1.54) is 0 Å². The molecule has 2 aromatic rings. The first-order valence-electron chi connectivity index (χ1n) is 7.76. The molecule has 0 spiro atoms. The number of carbonyl (C=O) groups excluding carboxylic acids is 1. The lowest BCUT2D eigenvalue weighted by Crippen LogP contribution is -2.27. The van der Waals surface area contributed by atoms with Crippen LogP contribution in [-0.2, 0) is 4.79 Å². The highest BCUT2D eigenvalue weighted by molar-refractivity contribution is 9.11. The second-order valence-corrected chi connectivity index (χ2v) is 7.47. The van der Waals surface area contributed by atoms with Crippen molar-refractivity contribution in [2.24, 2.45) is 0 Å². The van der Waals surface area contributed by atoms with Crippen molar-refractivity contribution in [2.75, 3.05) is 30.5 Å². The SMILES string of the molecule is CN1C(=C(C#N)C(=O)COc2ccc(Br)cc2Br)N(C)c2ccccc21. The molecule has 5 nitrogen and oxygen atoms in total. The lowest BCUT2D eigenvalue weighted by Gasteiger charge is -2.20. The van der Waals surface area contributed by atoms with Gasteiger partial charge in [-0.25, -0.2) is 0 Å². The number of Topliss-reactive ketones (excluding diaryl/α,β-unsaturated/α-hetero) is 1. The lowest BCUT2D eigenvalue weighted by molar-refractivity contribution is -0.117. The average molecular weight is 477 g/mol. The zero-order valence-corrected chi connectivity index (χ0v) is 17.3. The van der Waals surface area contributed by atoms with E-state index in [0.29, 0.717) is 11.6 Å². The molecular formula is C19H15Br2N3O2. The van der Waals surface area contributed by atoms with Crippen molar-refractivity contribution in [3.8, 4) is 11.8 Å². The Balaban J connectivity index is 1.86. The molecule has 26 heavy (non-hydrogen) atoms. The summed E-state index contributed by atoms with van der Waals surface area (Å²) in [5.41, 5.74) is 1.96. The van der Waals surface area contributed by atoms with Gasteiger partial charge in [0.25, 0.3) is 0 Å². The van der Waals surface area contributed by atoms with Crippen molar-refractivity contribution in [3.63, 3.8) is 0 Å². The van der Waals surface area contributed by atoms with Crippen LogP contribution in [0.25, 0.3) is 0 Å². The normalized spacial score (nSPS) is 12.7. The van der Waals surface area contributed by atoms with E-state index in [1.54, 1.807) is 6.07 Å². The van der Waals surface area contributed by atoms with Crippen LogP contribution in [0, 0.1) is 11.3 Å². The summed E-state index contributed by atoms with van der Waals surface area (Å²) in [4.78, 5) is 16.4. The maximum absolute atomic E-state index is 12.7. The first-order chi connectivity index (χ1) is 12.4. The highest BCUT2D eigenvalue weighted by Gasteiger charge is 2.31. The van der Waals surface area contributed by atoms with Crippen LogP contribution in [0.2, 0.25) is 0 Å². The molecule has 1 heterocycles. The Morgan fingerprint density at radius 1 is 1.12 bits per heavy atom. The number of hydrogen-bond donors (Lipinski definition) is 0. The third kappa shape index (κ3) is 3.35. The van der Waals surface area contributed by atoms with Gasteiger partial charge in [0, 0.05) is 18.6 Å². The summed E-state index contributed by atoms with van der Waals surface area (Å²) in [5, 5.41) is 9.61. The Kier molecular flexibility index (Phi) is 5.35. The molecule has 0 saturated heterocycles. The van der Waals surface area contributed by atoms with Gasteiger partial charge in [0.05, 0.1) is 15.8 Å². The number of ketones is 1. The van der Waals surface area contributed by atoms with Gasteiger partial charge in [0.15, 0.2) is 6.61 Å². The third-order valence-corrected chi connectivity index (χ3v) is 5.22. The highest BCUT2D eigenvalue weighted by atomic mass is 79.9. The topological polar surface area (TPSA) is 56.6 Å². The van der Waals surface area contributed by atoms with E-state index in [4.69, 9.17) is 4.74 Å². The number of fused-ring (bicyclic) bond motifs is 1. The average Bonchev–Trinajstić information content (AvgIpc) is 2.87.